The number of nitrogens with zero attached hydrogens (tertiary/aromatic N) is 4. The maximum Gasteiger partial charge on any atom is 0.217 e. The van der Waals surface area contributed by atoms with Gasteiger partial charge < -0.3 is 15.0 Å². The van der Waals surface area contributed by atoms with Crippen LogP contribution in [0.5, 0.6) is 0 Å². The number of piperazine rings is 1. The number of rotatable bonds is 8. The Bertz CT molecular complexity index is 732. The molecule has 1 amide bonds. The molecule has 32 heavy (non-hydrogen) atoms. The maximum atomic E-state index is 11.3. The van der Waals surface area contributed by atoms with Crippen LogP contribution in [-0.4, -0.2) is 73.3 Å². The second-order valence-corrected chi connectivity index (χ2v) is 10.6. The second-order valence-electron chi connectivity index (χ2n) is 10.6. The number of methoxy groups -OCH3 is 1. The van der Waals surface area contributed by atoms with Crippen LogP contribution in [0.2, 0.25) is 0 Å². The summed E-state index contributed by atoms with van der Waals surface area (Å²) in [4.78, 5) is 26.0. The highest BCUT2D eigenvalue weighted by atomic mass is 16.5. The van der Waals surface area contributed by atoms with Gasteiger partial charge in [0.05, 0.1) is 6.61 Å². The molecule has 0 spiro atoms. The lowest BCUT2D eigenvalue weighted by Crippen LogP contribution is -2.47. The summed E-state index contributed by atoms with van der Waals surface area (Å²) in [5.41, 5.74) is 0.998. The molecule has 0 bridgehead atoms. The highest BCUT2D eigenvalue weighted by Crippen LogP contribution is 2.28. The molecule has 0 atom stereocenters. The van der Waals surface area contributed by atoms with Gasteiger partial charge in [0.2, 0.25) is 5.91 Å². The van der Waals surface area contributed by atoms with E-state index in [9.17, 15) is 4.79 Å². The van der Waals surface area contributed by atoms with Crippen molar-refractivity contribution in [3.05, 3.63) is 17.6 Å². The molecule has 1 aromatic heterocycles. The Hall–Kier alpha value is -1.73. The summed E-state index contributed by atoms with van der Waals surface area (Å²) in [6, 6.07) is 2.55. The van der Waals surface area contributed by atoms with E-state index in [0.29, 0.717) is 12.6 Å². The topological polar surface area (TPSA) is 70.6 Å². The molecule has 7 heteroatoms. The number of carbonyl (C=O) groups excluding carboxylic acids is 1. The molecule has 2 fully saturated rings. The van der Waals surface area contributed by atoms with Crippen LogP contribution < -0.4 is 10.2 Å². The van der Waals surface area contributed by atoms with Crippen LogP contribution in [0, 0.1) is 5.92 Å². The first-order valence-corrected chi connectivity index (χ1v) is 12.4. The molecule has 1 aromatic rings. The molecule has 2 heterocycles. The minimum Gasteiger partial charge on any atom is -0.384 e. The third-order valence-corrected chi connectivity index (χ3v) is 6.80. The monoisotopic (exact) mass is 445 g/mol. The van der Waals surface area contributed by atoms with Crippen LogP contribution in [0.3, 0.4) is 0 Å². The normalized spacial score (nSPS) is 22.7. The average molecular weight is 446 g/mol. The van der Waals surface area contributed by atoms with Crippen molar-refractivity contribution in [2.75, 3.05) is 51.3 Å². The van der Waals surface area contributed by atoms with Crippen molar-refractivity contribution in [2.45, 2.75) is 77.7 Å². The fraction of sp³-hybridized carbons (Fsp3) is 0.800. The number of hydrogen-bond acceptors (Lipinski definition) is 6. The zero-order valence-electron chi connectivity index (χ0n) is 20.8. The van der Waals surface area contributed by atoms with Crippen LogP contribution in [0.15, 0.2) is 6.07 Å². The summed E-state index contributed by atoms with van der Waals surface area (Å²) in [5.74, 6) is 2.89. The molecule has 0 radical (unpaired) electrons. The van der Waals surface area contributed by atoms with E-state index in [0.717, 1.165) is 68.7 Å². The minimum absolute atomic E-state index is 0.0708. The van der Waals surface area contributed by atoms with Gasteiger partial charge in [-0.25, -0.2) is 9.97 Å². The molecule has 0 aromatic carbocycles. The SMILES string of the molecule is COCCc1cc(N2CCN(CC[C@H]3CC[C@@H](NC(C)=O)CC3)CC2)nc(C(C)(C)C)n1. The molecule has 1 N–H and O–H groups in total. The number of anilines is 1. The maximum absolute atomic E-state index is 11.3. The highest BCUT2D eigenvalue weighted by molar-refractivity contribution is 5.73. The quantitative estimate of drug-likeness (QED) is 0.663. The number of nitrogens with one attached hydrogen (secondary N) is 1. The van der Waals surface area contributed by atoms with E-state index in [4.69, 9.17) is 14.7 Å². The molecule has 1 saturated carbocycles. The van der Waals surface area contributed by atoms with Crippen molar-refractivity contribution >= 4 is 11.7 Å². The number of carbonyl (C=O) groups is 1. The Morgan fingerprint density at radius 2 is 1.81 bits per heavy atom. The van der Waals surface area contributed by atoms with Crippen LogP contribution in [0.1, 0.15) is 71.3 Å². The van der Waals surface area contributed by atoms with Crippen molar-refractivity contribution in [3.63, 3.8) is 0 Å². The van der Waals surface area contributed by atoms with Gasteiger partial charge in [0.1, 0.15) is 11.6 Å². The van der Waals surface area contributed by atoms with Crippen LogP contribution in [0.4, 0.5) is 5.82 Å². The van der Waals surface area contributed by atoms with Crippen molar-refractivity contribution < 1.29 is 9.53 Å². The summed E-state index contributed by atoms with van der Waals surface area (Å²) in [5, 5.41) is 3.08. The Morgan fingerprint density at radius 3 is 2.41 bits per heavy atom. The van der Waals surface area contributed by atoms with Crippen LogP contribution in [-0.2, 0) is 21.4 Å². The van der Waals surface area contributed by atoms with Gasteiger partial charge in [-0.2, -0.15) is 0 Å². The Morgan fingerprint density at radius 1 is 1.12 bits per heavy atom. The number of amides is 1. The third-order valence-electron chi connectivity index (χ3n) is 6.80. The zero-order chi connectivity index (χ0) is 23.1. The van der Waals surface area contributed by atoms with Gasteiger partial charge in [-0.1, -0.05) is 20.8 Å². The van der Waals surface area contributed by atoms with Gasteiger partial charge in [0, 0.05) is 69.9 Å². The van der Waals surface area contributed by atoms with E-state index in [2.05, 4.69) is 42.0 Å². The fourth-order valence-electron chi connectivity index (χ4n) is 4.76. The smallest absolute Gasteiger partial charge is 0.217 e. The number of aromatic nitrogens is 2. The van der Waals surface area contributed by atoms with E-state index in [1.54, 1.807) is 14.0 Å². The molecule has 1 saturated heterocycles. The summed E-state index contributed by atoms with van der Waals surface area (Å²) < 4.78 is 5.27. The molecule has 1 aliphatic carbocycles. The summed E-state index contributed by atoms with van der Waals surface area (Å²) in [6.07, 6.45) is 6.84. The Kier molecular flexibility index (Phi) is 8.88. The molecule has 7 nitrogen and oxygen atoms in total. The van der Waals surface area contributed by atoms with Crippen LogP contribution >= 0.6 is 0 Å². The highest BCUT2D eigenvalue weighted by Gasteiger charge is 2.25. The van der Waals surface area contributed by atoms with Gasteiger partial charge in [-0.05, 0) is 44.6 Å². The summed E-state index contributed by atoms with van der Waals surface area (Å²) in [6.45, 7) is 14.2. The lowest BCUT2D eigenvalue weighted by molar-refractivity contribution is -0.119. The summed E-state index contributed by atoms with van der Waals surface area (Å²) in [7, 11) is 1.74. The number of ether oxygens (including phenoxy) is 1. The Labute approximate surface area is 194 Å². The zero-order valence-corrected chi connectivity index (χ0v) is 20.8. The first-order chi connectivity index (χ1) is 15.2. The largest absolute Gasteiger partial charge is 0.384 e. The first kappa shape index (κ1) is 24.9. The van der Waals surface area contributed by atoms with Crippen molar-refractivity contribution in [1.29, 1.82) is 0 Å². The molecule has 3 rings (SSSR count). The molecule has 0 unspecified atom stereocenters. The predicted octanol–water partition coefficient (Wildman–Crippen LogP) is 3.17. The molecule has 2 aliphatic rings. The number of hydrogen-bond donors (Lipinski definition) is 1. The van der Waals surface area contributed by atoms with Gasteiger partial charge in [-0.3, -0.25) is 9.69 Å². The third kappa shape index (κ3) is 7.41. The average Bonchev–Trinajstić information content (AvgIpc) is 2.76. The molecular weight excluding hydrogens is 402 g/mol. The summed E-state index contributed by atoms with van der Waals surface area (Å²) >= 11 is 0. The van der Waals surface area contributed by atoms with Gasteiger partial charge >= 0.3 is 0 Å². The Balaban J connectivity index is 1.48. The standard InChI is InChI=1S/C25H43N5O2/c1-19(31)26-21-8-6-20(7-9-21)10-12-29-13-15-30(16-14-29)23-18-22(11-17-32-5)27-24(28-23)25(2,3)4/h18,20-21H,6-17H2,1-5H3,(H,26,31)/t20-,21+. The van der Waals surface area contributed by atoms with E-state index in [-0.39, 0.29) is 11.3 Å². The molecule has 180 valence electrons. The lowest BCUT2D eigenvalue weighted by atomic mass is 9.84. The van der Waals surface area contributed by atoms with E-state index in [1.807, 2.05) is 0 Å². The predicted molar refractivity (Wildman–Crippen MR) is 129 cm³/mol. The van der Waals surface area contributed by atoms with E-state index < -0.39 is 0 Å². The molecular formula is C25H43N5O2. The van der Waals surface area contributed by atoms with E-state index in [1.165, 1.54) is 25.8 Å². The minimum atomic E-state index is -0.0708. The molecule has 1 aliphatic heterocycles. The van der Waals surface area contributed by atoms with E-state index >= 15 is 0 Å². The van der Waals surface area contributed by atoms with Crippen molar-refractivity contribution in [2.24, 2.45) is 5.92 Å². The first-order valence-electron chi connectivity index (χ1n) is 12.4. The second kappa shape index (κ2) is 11.4. The van der Waals surface area contributed by atoms with Gasteiger partial charge in [0.25, 0.3) is 0 Å². The lowest BCUT2D eigenvalue weighted by Gasteiger charge is -2.37. The van der Waals surface area contributed by atoms with Gasteiger partial charge in [-0.15, -0.1) is 0 Å². The van der Waals surface area contributed by atoms with Crippen molar-refractivity contribution in [1.82, 2.24) is 20.2 Å². The van der Waals surface area contributed by atoms with Crippen molar-refractivity contribution in [3.8, 4) is 0 Å². The van der Waals surface area contributed by atoms with Gasteiger partial charge in [0.15, 0.2) is 0 Å². The van der Waals surface area contributed by atoms with Crippen LogP contribution in [0.25, 0.3) is 0 Å². The fourth-order valence-corrected chi connectivity index (χ4v) is 4.76.